The fraction of sp³-hybridized carbons (Fsp3) is 0.250. The van der Waals surface area contributed by atoms with Crippen molar-refractivity contribution in [3.8, 4) is 0 Å². The summed E-state index contributed by atoms with van der Waals surface area (Å²) < 4.78 is 30.6. The molecule has 0 aromatic heterocycles. The fourth-order valence-corrected chi connectivity index (χ4v) is 1.71. The number of rotatable bonds is 2. The molecule has 0 fully saturated rings. The third kappa shape index (κ3) is 2.22. The van der Waals surface area contributed by atoms with Gasteiger partial charge in [0.05, 0.1) is 5.69 Å². The Morgan fingerprint density at radius 3 is 2.43 bits per heavy atom. The molecule has 0 spiro atoms. The summed E-state index contributed by atoms with van der Waals surface area (Å²) in [7, 11) is -4.27. The molecule has 5 nitrogen and oxygen atoms in total. The van der Waals surface area contributed by atoms with Crippen LogP contribution in [0, 0.1) is 0 Å². The van der Waals surface area contributed by atoms with Crippen LogP contribution in [-0.2, 0) is 10.1 Å². The molecule has 6 heteroatoms. The van der Waals surface area contributed by atoms with Gasteiger partial charge in [-0.3, -0.25) is 4.55 Å². The van der Waals surface area contributed by atoms with Gasteiger partial charge in [0, 0.05) is 6.04 Å². The molecule has 0 aliphatic heterocycles. The molecule has 0 saturated heterocycles. The van der Waals surface area contributed by atoms with Crippen LogP contribution in [0.4, 0.5) is 5.69 Å². The van der Waals surface area contributed by atoms with Gasteiger partial charge in [-0.25, -0.2) is 0 Å². The van der Waals surface area contributed by atoms with Gasteiger partial charge < -0.3 is 11.5 Å². The van der Waals surface area contributed by atoms with Crippen LogP contribution in [0.5, 0.6) is 0 Å². The first kappa shape index (κ1) is 11.0. The average Bonchev–Trinajstić information content (AvgIpc) is 2.02. The van der Waals surface area contributed by atoms with E-state index in [0.29, 0.717) is 5.56 Å². The van der Waals surface area contributed by atoms with Crippen molar-refractivity contribution in [1.82, 2.24) is 0 Å². The number of anilines is 1. The smallest absolute Gasteiger partial charge is 0.296 e. The standard InChI is InChI=1S/C8H12N2O3S/c1-5(9)6-2-3-7(10)8(4-6)14(11,12)13/h2-5H,9-10H2,1H3,(H,11,12,13). The lowest BCUT2D eigenvalue weighted by Gasteiger charge is -2.08. The Labute approximate surface area is 82.5 Å². The van der Waals surface area contributed by atoms with E-state index in [1.54, 1.807) is 13.0 Å². The van der Waals surface area contributed by atoms with Crippen LogP contribution >= 0.6 is 0 Å². The first-order valence-corrected chi connectivity index (χ1v) is 5.39. The van der Waals surface area contributed by atoms with E-state index in [2.05, 4.69) is 0 Å². The maximum absolute atomic E-state index is 10.9. The van der Waals surface area contributed by atoms with Crippen LogP contribution in [0.3, 0.4) is 0 Å². The normalized spacial score (nSPS) is 13.9. The van der Waals surface area contributed by atoms with Crippen LogP contribution in [0.2, 0.25) is 0 Å². The molecule has 1 unspecified atom stereocenters. The number of nitrogen functional groups attached to an aromatic ring is 1. The second-order valence-electron chi connectivity index (χ2n) is 3.06. The molecule has 5 N–H and O–H groups in total. The highest BCUT2D eigenvalue weighted by Gasteiger charge is 2.15. The Hall–Kier alpha value is -1.11. The Bertz CT molecular complexity index is 440. The first-order valence-electron chi connectivity index (χ1n) is 3.95. The number of hydrogen-bond donors (Lipinski definition) is 3. The molecular weight excluding hydrogens is 204 g/mol. The van der Waals surface area contributed by atoms with Gasteiger partial charge in [0.25, 0.3) is 10.1 Å². The van der Waals surface area contributed by atoms with E-state index in [0.717, 1.165) is 0 Å². The van der Waals surface area contributed by atoms with Gasteiger partial charge in [-0.2, -0.15) is 8.42 Å². The predicted molar refractivity (Wildman–Crippen MR) is 53.3 cm³/mol. The third-order valence-electron chi connectivity index (χ3n) is 1.84. The molecule has 78 valence electrons. The molecule has 1 aromatic rings. The summed E-state index contributed by atoms with van der Waals surface area (Å²) in [6.45, 7) is 1.71. The minimum Gasteiger partial charge on any atom is -0.398 e. The average molecular weight is 216 g/mol. The summed E-state index contributed by atoms with van der Waals surface area (Å²) in [5.41, 5.74) is 11.6. The summed E-state index contributed by atoms with van der Waals surface area (Å²) in [6, 6.07) is 3.99. The molecule has 1 rings (SSSR count). The zero-order valence-electron chi connectivity index (χ0n) is 7.64. The molecule has 0 aliphatic carbocycles. The number of nitrogens with two attached hydrogens (primary N) is 2. The van der Waals surface area contributed by atoms with Crippen LogP contribution in [0.15, 0.2) is 23.1 Å². The molecular formula is C8H12N2O3S. The predicted octanol–water partition coefficient (Wildman–Crippen LogP) is 0.535. The third-order valence-corrected chi connectivity index (χ3v) is 2.75. The molecule has 1 atom stereocenters. The van der Waals surface area contributed by atoms with Crippen LogP contribution in [0.1, 0.15) is 18.5 Å². The highest BCUT2D eigenvalue weighted by atomic mass is 32.2. The highest BCUT2D eigenvalue weighted by Crippen LogP contribution is 2.22. The maximum Gasteiger partial charge on any atom is 0.296 e. The molecule has 0 heterocycles. The Morgan fingerprint density at radius 2 is 2.00 bits per heavy atom. The van der Waals surface area contributed by atoms with Crippen molar-refractivity contribution >= 4 is 15.8 Å². The van der Waals surface area contributed by atoms with Crippen molar-refractivity contribution in [2.45, 2.75) is 17.9 Å². The van der Waals surface area contributed by atoms with E-state index < -0.39 is 10.1 Å². The minimum absolute atomic E-state index is 0.0110. The second kappa shape index (κ2) is 3.56. The van der Waals surface area contributed by atoms with Crippen molar-refractivity contribution < 1.29 is 13.0 Å². The van der Waals surface area contributed by atoms with Crippen LogP contribution in [-0.4, -0.2) is 13.0 Å². The molecule has 0 bridgehead atoms. The summed E-state index contributed by atoms with van der Waals surface area (Å²) in [5, 5.41) is 0. The van der Waals surface area contributed by atoms with Crippen molar-refractivity contribution in [3.05, 3.63) is 23.8 Å². The van der Waals surface area contributed by atoms with Gasteiger partial charge in [-0.15, -0.1) is 0 Å². The van der Waals surface area contributed by atoms with E-state index in [1.165, 1.54) is 12.1 Å². The van der Waals surface area contributed by atoms with Gasteiger partial charge in [-0.05, 0) is 24.6 Å². The van der Waals surface area contributed by atoms with Crippen molar-refractivity contribution in [2.24, 2.45) is 5.73 Å². The van der Waals surface area contributed by atoms with Gasteiger partial charge in [0.1, 0.15) is 4.90 Å². The Balaban J connectivity index is 3.37. The van der Waals surface area contributed by atoms with Crippen LogP contribution < -0.4 is 11.5 Å². The SMILES string of the molecule is CC(N)c1ccc(N)c(S(=O)(=O)O)c1. The van der Waals surface area contributed by atoms with E-state index in [1.807, 2.05) is 0 Å². The van der Waals surface area contributed by atoms with Crippen molar-refractivity contribution in [2.75, 3.05) is 5.73 Å². The lowest BCUT2D eigenvalue weighted by Crippen LogP contribution is -2.08. The summed E-state index contributed by atoms with van der Waals surface area (Å²) in [5.74, 6) is 0. The van der Waals surface area contributed by atoms with Crippen molar-refractivity contribution in [1.29, 1.82) is 0 Å². The zero-order chi connectivity index (χ0) is 10.9. The monoisotopic (exact) mass is 216 g/mol. The van der Waals surface area contributed by atoms with E-state index in [9.17, 15) is 8.42 Å². The number of hydrogen-bond acceptors (Lipinski definition) is 4. The zero-order valence-corrected chi connectivity index (χ0v) is 8.45. The molecule has 0 radical (unpaired) electrons. The lowest BCUT2D eigenvalue weighted by molar-refractivity contribution is 0.483. The van der Waals surface area contributed by atoms with E-state index in [-0.39, 0.29) is 16.6 Å². The second-order valence-corrected chi connectivity index (χ2v) is 4.45. The Morgan fingerprint density at radius 1 is 1.43 bits per heavy atom. The molecule has 1 aromatic carbocycles. The largest absolute Gasteiger partial charge is 0.398 e. The van der Waals surface area contributed by atoms with Gasteiger partial charge in [0.15, 0.2) is 0 Å². The first-order chi connectivity index (χ1) is 6.32. The topological polar surface area (TPSA) is 106 Å². The number of benzene rings is 1. The summed E-state index contributed by atoms with van der Waals surface area (Å²) >= 11 is 0. The molecule has 14 heavy (non-hydrogen) atoms. The van der Waals surface area contributed by atoms with E-state index >= 15 is 0 Å². The quantitative estimate of drug-likeness (QED) is 0.494. The fourth-order valence-electron chi connectivity index (χ4n) is 1.06. The van der Waals surface area contributed by atoms with Crippen molar-refractivity contribution in [3.63, 3.8) is 0 Å². The maximum atomic E-state index is 10.9. The van der Waals surface area contributed by atoms with Crippen LogP contribution in [0.25, 0.3) is 0 Å². The lowest BCUT2D eigenvalue weighted by atomic mass is 10.1. The Kier molecular flexibility index (Phi) is 2.79. The minimum atomic E-state index is -4.27. The molecule has 0 amide bonds. The van der Waals surface area contributed by atoms with Gasteiger partial charge in [-0.1, -0.05) is 6.07 Å². The molecule has 0 aliphatic rings. The highest BCUT2D eigenvalue weighted by molar-refractivity contribution is 7.86. The summed E-state index contributed by atoms with van der Waals surface area (Å²) in [6.07, 6.45) is 0. The summed E-state index contributed by atoms with van der Waals surface area (Å²) in [4.78, 5) is -0.299. The van der Waals surface area contributed by atoms with Gasteiger partial charge >= 0.3 is 0 Å². The van der Waals surface area contributed by atoms with E-state index in [4.69, 9.17) is 16.0 Å². The van der Waals surface area contributed by atoms with Gasteiger partial charge in [0.2, 0.25) is 0 Å². The molecule has 0 saturated carbocycles.